The maximum absolute atomic E-state index is 3.37. The van der Waals surface area contributed by atoms with Gasteiger partial charge in [0.25, 0.3) is 0 Å². The van der Waals surface area contributed by atoms with Crippen LogP contribution < -0.4 is 4.57 Å². The van der Waals surface area contributed by atoms with Gasteiger partial charge >= 0.3 is 0 Å². The zero-order chi connectivity index (χ0) is 11.9. The monoisotopic (exact) mass is 217 g/mol. The Labute approximate surface area is 97.3 Å². The van der Waals surface area contributed by atoms with E-state index in [1.807, 2.05) is 0 Å². The molecule has 0 saturated carbocycles. The minimum atomic E-state index is 0.197. The van der Waals surface area contributed by atoms with E-state index in [0.29, 0.717) is 6.04 Å². The predicted molar refractivity (Wildman–Crippen MR) is 67.6 cm³/mol. The van der Waals surface area contributed by atoms with E-state index >= 15 is 0 Å². The maximum atomic E-state index is 3.37. The minimum Gasteiger partial charge on any atom is -0.356 e. The van der Waals surface area contributed by atoms with Gasteiger partial charge in [-0.3, -0.25) is 0 Å². The van der Waals surface area contributed by atoms with E-state index < -0.39 is 0 Å². The average Bonchev–Trinajstić information content (AvgIpc) is 2.58. The van der Waals surface area contributed by atoms with Gasteiger partial charge < -0.3 is 4.98 Å². The van der Waals surface area contributed by atoms with Crippen molar-refractivity contribution >= 4 is 10.9 Å². The molecule has 0 radical (unpaired) electrons. The van der Waals surface area contributed by atoms with Crippen LogP contribution in [0.1, 0.15) is 46.2 Å². The van der Waals surface area contributed by atoms with Crippen LogP contribution in [-0.4, -0.2) is 4.98 Å². The second-order valence-electron chi connectivity index (χ2n) is 5.77. The van der Waals surface area contributed by atoms with Gasteiger partial charge in [0.05, 0.1) is 0 Å². The summed E-state index contributed by atoms with van der Waals surface area (Å²) in [5.41, 5.74) is 2.81. The molecule has 0 amide bonds. The largest absolute Gasteiger partial charge is 0.356 e. The van der Waals surface area contributed by atoms with Crippen LogP contribution in [0.3, 0.4) is 0 Å². The third-order valence-electron chi connectivity index (χ3n) is 3.05. The van der Waals surface area contributed by atoms with Crippen molar-refractivity contribution in [3.05, 3.63) is 30.2 Å². The molecule has 0 unspecified atom stereocenters. The Bertz CT molecular complexity index is 501. The minimum absolute atomic E-state index is 0.197. The summed E-state index contributed by atoms with van der Waals surface area (Å²) in [6.07, 6.45) is 6.49. The van der Waals surface area contributed by atoms with Crippen molar-refractivity contribution in [3.8, 4) is 0 Å². The quantitative estimate of drug-likeness (QED) is 0.707. The average molecular weight is 217 g/mol. The predicted octanol–water partition coefficient (Wildman–Crippen LogP) is 3.33. The molecule has 2 heteroatoms. The van der Waals surface area contributed by atoms with E-state index in [1.165, 1.54) is 16.5 Å². The van der Waals surface area contributed by atoms with Crippen LogP contribution in [0.5, 0.6) is 0 Å². The Morgan fingerprint density at radius 1 is 1.25 bits per heavy atom. The van der Waals surface area contributed by atoms with Crippen LogP contribution in [0.25, 0.3) is 10.9 Å². The molecule has 1 N–H and O–H groups in total. The zero-order valence-corrected chi connectivity index (χ0v) is 10.8. The third-order valence-corrected chi connectivity index (χ3v) is 3.05. The fourth-order valence-corrected chi connectivity index (χ4v) is 2.03. The van der Waals surface area contributed by atoms with Crippen LogP contribution in [0.2, 0.25) is 0 Å². The summed E-state index contributed by atoms with van der Waals surface area (Å²) >= 11 is 0. The van der Waals surface area contributed by atoms with Crippen molar-refractivity contribution in [2.24, 2.45) is 0 Å². The van der Waals surface area contributed by atoms with E-state index in [4.69, 9.17) is 0 Å². The Hall–Kier alpha value is -1.31. The van der Waals surface area contributed by atoms with Crippen LogP contribution in [0, 0.1) is 0 Å². The SMILES string of the molecule is CC(C)[n+]1ccc2c(C(C)(C)C)c[nH]c2c1. The second kappa shape index (κ2) is 3.62. The Balaban J connectivity index is 2.59. The maximum Gasteiger partial charge on any atom is 0.193 e. The first-order valence-electron chi connectivity index (χ1n) is 5.92. The van der Waals surface area contributed by atoms with E-state index in [2.05, 4.69) is 68.8 Å². The molecule has 2 nitrogen and oxygen atoms in total. The number of rotatable bonds is 1. The highest BCUT2D eigenvalue weighted by molar-refractivity contribution is 5.82. The van der Waals surface area contributed by atoms with Crippen molar-refractivity contribution in [1.29, 1.82) is 0 Å². The molecule has 0 atom stereocenters. The van der Waals surface area contributed by atoms with Crippen LogP contribution in [-0.2, 0) is 5.41 Å². The van der Waals surface area contributed by atoms with Crippen molar-refractivity contribution in [3.63, 3.8) is 0 Å². The highest BCUT2D eigenvalue weighted by Crippen LogP contribution is 2.28. The summed E-state index contributed by atoms with van der Waals surface area (Å²) in [6, 6.07) is 2.72. The first-order chi connectivity index (χ1) is 7.39. The number of hydrogen-bond donors (Lipinski definition) is 1. The molecule has 0 bridgehead atoms. The number of hydrogen-bond acceptors (Lipinski definition) is 0. The van der Waals surface area contributed by atoms with Gasteiger partial charge in [-0.1, -0.05) is 20.8 Å². The standard InChI is InChI=1S/C14H20N2/c1-10(2)16-7-6-11-12(14(3,4)5)8-15-13(11)9-16/h6-10H,1-5H3/p+1. The summed E-state index contributed by atoms with van der Waals surface area (Å²) in [5, 5.41) is 1.34. The van der Waals surface area contributed by atoms with Gasteiger partial charge in [-0.25, -0.2) is 4.57 Å². The highest BCUT2D eigenvalue weighted by Gasteiger charge is 2.19. The number of nitrogens with one attached hydrogen (secondary N) is 1. The Morgan fingerprint density at radius 3 is 2.50 bits per heavy atom. The van der Waals surface area contributed by atoms with Gasteiger partial charge in [0.1, 0.15) is 5.52 Å². The van der Waals surface area contributed by atoms with Crippen molar-refractivity contribution in [1.82, 2.24) is 4.98 Å². The number of aromatic nitrogens is 2. The van der Waals surface area contributed by atoms with Gasteiger partial charge in [0.2, 0.25) is 0 Å². The molecule has 0 fully saturated rings. The van der Waals surface area contributed by atoms with Gasteiger partial charge in [-0.2, -0.15) is 0 Å². The molecule has 2 aromatic rings. The molecular formula is C14H21N2+. The molecule has 0 aromatic carbocycles. The summed E-state index contributed by atoms with van der Waals surface area (Å²) in [6.45, 7) is 11.1. The van der Waals surface area contributed by atoms with E-state index in [9.17, 15) is 0 Å². The van der Waals surface area contributed by atoms with E-state index in [-0.39, 0.29) is 5.41 Å². The summed E-state index contributed by atoms with van der Waals surface area (Å²) in [4.78, 5) is 3.37. The molecule has 0 aliphatic carbocycles. The van der Waals surface area contributed by atoms with Crippen molar-refractivity contribution < 1.29 is 4.57 Å². The number of pyridine rings is 1. The highest BCUT2D eigenvalue weighted by atomic mass is 15.0. The van der Waals surface area contributed by atoms with Gasteiger partial charge in [-0.15, -0.1) is 0 Å². The molecule has 0 aliphatic heterocycles. The van der Waals surface area contributed by atoms with Crippen LogP contribution >= 0.6 is 0 Å². The lowest BCUT2D eigenvalue weighted by atomic mass is 9.87. The number of aromatic amines is 1. The number of nitrogens with zero attached hydrogens (tertiary/aromatic N) is 1. The molecule has 0 spiro atoms. The lowest BCUT2D eigenvalue weighted by Gasteiger charge is -2.17. The molecule has 0 saturated heterocycles. The fourth-order valence-electron chi connectivity index (χ4n) is 2.03. The fraction of sp³-hybridized carbons (Fsp3) is 0.500. The van der Waals surface area contributed by atoms with Crippen LogP contribution in [0.4, 0.5) is 0 Å². The first-order valence-corrected chi connectivity index (χ1v) is 5.92. The number of fused-ring (bicyclic) bond motifs is 1. The molecule has 0 aliphatic rings. The summed E-state index contributed by atoms with van der Waals surface area (Å²) in [5.74, 6) is 0. The van der Waals surface area contributed by atoms with Gasteiger partial charge in [0, 0.05) is 17.6 Å². The molecule has 2 rings (SSSR count). The smallest absolute Gasteiger partial charge is 0.193 e. The Kier molecular flexibility index (Phi) is 2.53. The van der Waals surface area contributed by atoms with Gasteiger partial charge in [0.15, 0.2) is 18.4 Å². The molecular weight excluding hydrogens is 196 g/mol. The molecule has 16 heavy (non-hydrogen) atoms. The lowest BCUT2D eigenvalue weighted by molar-refractivity contribution is -0.715. The Morgan fingerprint density at radius 2 is 1.94 bits per heavy atom. The van der Waals surface area contributed by atoms with Crippen molar-refractivity contribution in [2.75, 3.05) is 0 Å². The second-order valence-corrected chi connectivity index (χ2v) is 5.77. The molecule has 2 aromatic heterocycles. The van der Waals surface area contributed by atoms with Gasteiger partial charge in [-0.05, 0) is 24.8 Å². The molecule has 86 valence electrons. The first kappa shape index (κ1) is 11.2. The number of H-pyrrole nitrogens is 1. The summed E-state index contributed by atoms with van der Waals surface area (Å²) in [7, 11) is 0. The summed E-state index contributed by atoms with van der Waals surface area (Å²) < 4.78 is 2.23. The van der Waals surface area contributed by atoms with Crippen LogP contribution in [0.15, 0.2) is 24.7 Å². The third kappa shape index (κ3) is 1.84. The van der Waals surface area contributed by atoms with Crippen molar-refractivity contribution in [2.45, 2.75) is 46.1 Å². The molecule has 2 heterocycles. The topological polar surface area (TPSA) is 19.7 Å². The lowest BCUT2D eigenvalue weighted by Crippen LogP contribution is -2.34. The van der Waals surface area contributed by atoms with E-state index in [0.717, 1.165) is 0 Å². The zero-order valence-electron chi connectivity index (χ0n) is 10.8. The normalized spacial score (nSPS) is 12.6. The van der Waals surface area contributed by atoms with E-state index in [1.54, 1.807) is 0 Å².